The van der Waals surface area contributed by atoms with Crippen molar-refractivity contribution in [2.75, 3.05) is 13.1 Å². The van der Waals surface area contributed by atoms with Gasteiger partial charge in [-0.25, -0.2) is 0 Å². The lowest BCUT2D eigenvalue weighted by molar-refractivity contribution is -0.159. The standard InChI is InChI=1S/C24H26N2O4/c1-17(29-23(27)16-21-20-9-5-6-10-22(20)30-25-21)24(28)26-13-11-19(12-14-26)15-18-7-3-2-4-8-18/h2-10,17,19H,11-16H2,1H3/t17-/m0/s1. The zero-order valence-electron chi connectivity index (χ0n) is 17.1. The first-order valence-corrected chi connectivity index (χ1v) is 10.5. The van der Waals surface area contributed by atoms with Crippen LogP contribution < -0.4 is 0 Å². The zero-order chi connectivity index (χ0) is 20.9. The van der Waals surface area contributed by atoms with Gasteiger partial charge in [0.05, 0.1) is 6.42 Å². The fourth-order valence-electron chi connectivity index (χ4n) is 4.05. The van der Waals surface area contributed by atoms with Crippen molar-refractivity contribution in [2.24, 2.45) is 5.92 Å². The molecular weight excluding hydrogens is 380 g/mol. The molecule has 0 unspecified atom stereocenters. The number of amides is 1. The van der Waals surface area contributed by atoms with Crippen molar-refractivity contribution in [3.63, 3.8) is 0 Å². The molecule has 1 saturated heterocycles. The van der Waals surface area contributed by atoms with Crippen LogP contribution in [-0.4, -0.2) is 41.1 Å². The van der Waals surface area contributed by atoms with E-state index in [9.17, 15) is 9.59 Å². The van der Waals surface area contributed by atoms with E-state index in [1.54, 1.807) is 13.0 Å². The molecule has 0 N–H and O–H groups in total. The maximum Gasteiger partial charge on any atom is 0.312 e. The van der Waals surface area contributed by atoms with Gasteiger partial charge in [0.25, 0.3) is 5.91 Å². The molecule has 0 aliphatic carbocycles. The number of carbonyl (C=O) groups is 2. The smallest absolute Gasteiger partial charge is 0.312 e. The highest BCUT2D eigenvalue weighted by Gasteiger charge is 2.28. The topological polar surface area (TPSA) is 72.6 Å². The summed E-state index contributed by atoms with van der Waals surface area (Å²) < 4.78 is 10.6. The Hall–Kier alpha value is -3.15. The number of hydrogen-bond donors (Lipinski definition) is 0. The summed E-state index contributed by atoms with van der Waals surface area (Å²) in [6, 6.07) is 17.8. The molecular formula is C24H26N2O4. The maximum atomic E-state index is 12.7. The van der Waals surface area contributed by atoms with E-state index in [1.807, 2.05) is 29.2 Å². The van der Waals surface area contributed by atoms with E-state index < -0.39 is 12.1 Å². The molecule has 2 aromatic carbocycles. The molecule has 1 aromatic heterocycles. The van der Waals surface area contributed by atoms with E-state index in [-0.39, 0.29) is 12.3 Å². The van der Waals surface area contributed by atoms with E-state index in [4.69, 9.17) is 9.26 Å². The molecule has 0 saturated carbocycles. The molecule has 0 spiro atoms. The molecule has 1 amide bonds. The fourth-order valence-corrected chi connectivity index (χ4v) is 4.05. The Kier molecular flexibility index (Phi) is 6.12. The molecule has 0 bridgehead atoms. The van der Waals surface area contributed by atoms with E-state index in [1.165, 1.54) is 5.56 Å². The molecule has 1 aliphatic heterocycles. The van der Waals surface area contributed by atoms with Crippen molar-refractivity contribution in [3.05, 3.63) is 65.9 Å². The molecule has 30 heavy (non-hydrogen) atoms. The first-order chi connectivity index (χ1) is 14.6. The van der Waals surface area contributed by atoms with Crippen molar-refractivity contribution in [1.29, 1.82) is 0 Å². The normalized spacial score (nSPS) is 15.8. The molecule has 0 radical (unpaired) electrons. The number of likely N-dealkylation sites (tertiary alicyclic amines) is 1. The number of piperidine rings is 1. The highest BCUT2D eigenvalue weighted by Crippen LogP contribution is 2.23. The third-order valence-corrected chi connectivity index (χ3v) is 5.71. The van der Waals surface area contributed by atoms with Gasteiger partial charge in [-0.15, -0.1) is 0 Å². The first-order valence-electron chi connectivity index (χ1n) is 10.5. The minimum atomic E-state index is -0.804. The van der Waals surface area contributed by atoms with E-state index >= 15 is 0 Å². The zero-order valence-corrected chi connectivity index (χ0v) is 17.1. The Labute approximate surface area is 175 Å². The van der Waals surface area contributed by atoms with Crippen LogP contribution in [0.5, 0.6) is 0 Å². The van der Waals surface area contributed by atoms with Crippen molar-refractivity contribution >= 4 is 22.8 Å². The molecule has 1 aliphatic rings. The Balaban J connectivity index is 1.26. The Bertz CT molecular complexity index is 1010. The van der Waals surface area contributed by atoms with Gasteiger partial charge in [-0.2, -0.15) is 0 Å². The summed E-state index contributed by atoms with van der Waals surface area (Å²) >= 11 is 0. The number of ether oxygens (including phenoxy) is 1. The summed E-state index contributed by atoms with van der Waals surface area (Å²) in [6.07, 6.45) is 2.15. The van der Waals surface area contributed by atoms with Crippen molar-refractivity contribution in [3.8, 4) is 0 Å². The average molecular weight is 406 g/mol. The van der Waals surface area contributed by atoms with Crippen molar-refractivity contribution < 1.29 is 18.8 Å². The average Bonchev–Trinajstić information content (AvgIpc) is 3.17. The monoisotopic (exact) mass is 406 g/mol. The number of nitrogens with zero attached hydrogens (tertiary/aromatic N) is 2. The first kappa shape index (κ1) is 20.1. The predicted octanol–water partition coefficient (Wildman–Crippen LogP) is 3.78. The van der Waals surface area contributed by atoms with Crippen LogP contribution in [0.25, 0.3) is 11.0 Å². The third kappa shape index (κ3) is 4.70. The molecule has 3 aromatic rings. The molecule has 2 heterocycles. The maximum absolute atomic E-state index is 12.7. The second-order valence-corrected chi connectivity index (χ2v) is 7.89. The lowest BCUT2D eigenvalue weighted by Gasteiger charge is -2.33. The van der Waals surface area contributed by atoms with Gasteiger partial charge in [0.1, 0.15) is 5.69 Å². The van der Waals surface area contributed by atoms with Crippen molar-refractivity contribution in [2.45, 2.75) is 38.7 Å². The number of aromatic nitrogens is 1. The van der Waals surface area contributed by atoms with Gasteiger partial charge in [0, 0.05) is 18.5 Å². The van der Waals surface area contributed by atoms with Gasteiger partial charge >= 0.3 is 5.97 Å². The van der Waals surface area contributed by atoms with Crippen molar-refractivity contribution in [1.82, 2.24) is 10.1 Å². The highest BCUT2D eigenvalue weighted by molar-refractivity contribution is 5.86. The van der Waals surface area contributed by atoms with Gasteiger partial charge in [-0.3, -0.25) is 9.59 Å². The SMILES string of the molecule is C[C@H](OC(=O)Cc1noc2ccccc12)C(=O)N1CCC(Cc2ccccc2)CC1. The number of para-hydroxylation sites is 1. The summed E-state index contributed by atoms with van der Waals surface area (Å²) in [5.41, 5.74) is 2.49. The molecule has 1 atom stereocenters. The van der Waals surface area contributed by atoms with Gasteiger partial charge in [0.15, 0.2) is 11.7 Å². The summed E-state index contributed by atoms with van der Waals surface area (Å²) in [5.74, 6) is -0.0323. The second-order valence-electron chi connectivity index (χ2n) is 7.89. The number of hydrogen-bond acceptors (Lipinski definition) is 5. The molecule has 4 rings (SSSR count). The lowest BCUT2D eigenvalue weighted by atomic mass is 9.90. The Morgan fingerprint density at radius 1 is 1.10 bits per heavy atom. The van der Waals surface area contributed by atoms with Crippen LogP contribution in [0.3, 0.4) is 0 Å². The molecule has 6 heteroatoms. The Morgan fingerprint density at radius 3 is 2.57 bits per heavy atom. The largest absolute Gasteiger partial charge is 0.452 e. The highest BCUT2D eigenvalue weighted by atomic mass is 16.5. The van der Waals surface area contributed by atoms with Crippen LogP contribution in [0.2, 0.25) is 0 Å². The molecule has 1 fully saturated rings. The molecule has 156 valence electrons. The van der Waals surface area contributed by atoms with Gasteiger partial charge in [0.2, 0.25) is 0 Å². The number of esters is 1. The summed E-state index contributed by atoms with van der Waals surface area (Å²) in [6.45, 7) is 3.04. The summed E-state index contributed by atoms with van der Waals surface area (Å²) in [4.78, 5) is 26.9. The predicted molar refractivity (Wildman–Crippen MR) is 113 cm³/mol. The van der Waals surface area contributed by atoms with E-state index in [0.29, 0.717) is 30.3 Å². The number of rotatable bonds is 6. The van der Waals surface area contributed by atoms with Gasteiger partial charge < -0.3 is 14.2 Å². The van der Waals surface area contributed by atoms with Crippen LogP contribution >= 0.6 is 0 Å². The second kappa shape index (κ2) is 9.11. The third-order valence-electron chi connectivity index (χ3n) is 5.71. The Morgan fingerprint density at radius 2 is 1.80 bits per heavy atom. The van der Waals surface area contributed by atoms with Crippen LogP contribution in [0.4, 0.5) is 0 Å². The van der Waals surface area contributed by atoms with Gasteiger partial charge in [-0.1, -0.05) is 47.6 Å². The quantitative estimate of drug-likeness (QED) is 0.583. The number of carbonyl (C=O) groups excluding carboxylic acids is 2. The minimum absolute atomic E-state index is 0.0201. The number of fused-ring (bicyclic) bond motifs is 1. The van der Waals surface area contributed by atoms with Crippen LogP contribution in [0.15, 0.2) is 59.1 Å². The van der Waals surface area contributed by atoms with Crippen LogP contribution in [0, 0.1) is 5.92 Å². The lowest BCUT2D eigenvalue weighted by Crippen LogP contribution is -2.44. The van der Waals surface area contributed by atoms with Crippen LogP contribution in [-0.2, 0) is 27.2 Å². The van der Waals surface area contributed by atoms with Crippen LogP contribution in [0.1, 0.15) is 31.0 Å². The number of benzene rings is 2. The van der Waals surface area contributed by atoms with E-state index in [0.717, 1.165) is 24.6 Å². The van der Waals surface area contributed by atoms with E-state index in [2.05, 4.69) is 29.4 Å². The van der Waals surface area contributed by atoms with Gasteiger partial charge in [-0.05, 0) is 49.8 Å². The minimum Gasteiger partial charge on any atom is -0.452 e. The summed E-state index contributed by atoms with van der Waals surface area (Å²) in [5, 5.41) is 4.73. The summed E-state index contributed by atoms with van der Waals surface area (Å²) in [7, 11) is 0. The molecule has 6 nitrogen and oxygen atoms in total. The fraction of sp³-hybridized carbons (Fsp3) is 0.375.